The van der Waals surface area contributed by atoms with Gasteiger partial charge in [-0.05, 0) is 42.7 Å². The number of benzene rings is 2. The maximum atomic E-state index is 12.7. The van der Waals surface area contributed by atoms with Gasteiger partial charge in [-0.1, -0.05) is 35.9 Å². The third-order valence-corrected chi connectivity index (χ3v) is 5.48. The number of halogens is 4. The molecule has 1 fully saturated rings. The molecule has 0 atom stereocenters. The first-order chi connectivity index (χ1) is 14.3. The minimum atomic E-state index is -4.37. The van der Waals surface area contributed by atoms with Crippen molar-refractivity contribution in [2.75, 3.05) is 26.2 Å². The Morgan fingerprint density at radius 1 is 0.900 bits per heavy atom. The van der Waals surface area contributed by atoms with E-state index in [9.17, 15) is 22.8 Å². The fourth-order valence-electron chi connectivity index (χ4n) is 3.44. The summed E-state index contributed by atoms with van der Waals surface area (Å²) in [5.41, 5.74) is 0.427. The second-order valence-corrected chi connectivity index (χ2v) is 7.61. The molecule has 1 aliphatic rings. The van der Waals surface area contributed by atoms with E-state index in [-0.39, 0.29) is 18.2 Å². The molecule has 4 nitrogen and oxygen atoms in total. The van der Waals surface area contributed by atoms with Crippen molar-refractivity contribution in [1.82, 2.24) is 9.80 Å². The quantitative estimate of drug-likeness (QED) is 0.696. The van der Waals surface area contributed by atoms with Crippen LogP contribution in [0.4, 0.5) is 13.2 Å². The van der Waals surface area contributed by atoms with Crippen LogP contribution < -0.4 is 0 Å². The van der Waals surface area contributed by atoms with Gasteiger partial charge >= 0.3 is 6.18 Å². The molecule has 1 saturated heterocycles. The number of nitrogens with zero attached hydrogens (tertiary/aromatic N) is 2. The Kier molecular flexibility index (Phi) is 7.02. The van der Waals surface area contributed by atoms with Gasteiger partial charge in [-0.2, -0.15) is 13.2 Å². The number of carbonyl (C=O) groups excluding carboxylic acids is 2. The third kappa shape index (κ3) is 5.53. The Morgan fingerprint density at radius 3 is 2.20 bits per heavy atom. The maximum Gasteiger partial charge on any atom is 0.416 e. The van der Waals surface area contributed by atoms with Crippen LogP contribution in [0, 0.1) is 0 Å². The SMILES string of the molecule is O=C(CCc1ccc(C(F)(F)F)cc1)N1CCCN(C(=O)c2ccccc2Cl)CC1. The number of hydrogen-bond donors (Lipinski definition) is 0. The van der Waals surface area contributed by atoms with E-state index >= 15 is 0 Å². The zero-order valence-electron chi connectivity index (χ0n) is 16.3. The molecule has 8 heteroatoms. The highest BCUT2D eigenvalue weighted by Gasteiger charge is 2.30. The second kappa shape index (κ2) is 9.51. The van der Waals surface area contributed by atoms with Gasteiger partial charge in [0.1, 0.15) is 0 Å². The van der Waals surface area contributed by atoms with Crippen molar-refractivity contribution in [2.24, 2.45) is 0 Å². The molecule has 160 valence electrons. The van der Waals surface area contributed by atoms with Crippen LogP contribution in [0.3, 0.4) is 0 Å². The summed E-state index contributed by atoms with van der Waals surface area (Å²) >= 11 is 6.12. The van der Waals surface area contributed by atoms with Gasteiger partial charge in [0.05, 0.1) is 16.1 Å². The highest BCUT2D eigenvalue weighted by molar-refractivity contribution is 6.33. The van der Waals surface area contributed by atoms with Crippen molar-refractivity contribution in [3.05, 3.63) is 70.2 Å². The van der Waals surface area contributed by atoms with Crippen molar-refractivity contribution in [2.45, 2.75) is 25.4 Å². The average Bonchev–Trinajstić information content (AvgIpc) is 2.98. The number of carbonyl (C=O) groups is 2. The van der Waals surface area contributed by atoms with Gasteiger partial charge in [-0.3, -0.25) is 9.59 Å². The lowest BCUT2D eigenvalue weighted by Crippen LogP contribution is -2.37. The lowest BCUT2D eigenvalue weighted by Gasteiger charge is -2.22. The molecule has 3 rings (SSSR count). The summed E-state index contributed by atoms with van der Waals surface area (Å²) < 4.78 is 37.9. The number of rotatable bonds is 4. The Morgan fingerprint density at radius 2 is 1.53 bits per heavy atom. The molecule has 0 saturated carbocycles. The molecule has 0 radical (unpaired) electrons. The van der Waals surface area contributed by atoms with E-state index in [1.807, 2.05) is 0 Å². The Hall–Kier alpha value is -2.54. The summed E-state index contributed by atoms with van der Waals surface area (Å²) in [5, 5.41) is 0.399. The van der Waals surface area contributed by atoms with Crippen molar-refractivity contribution in [3.63, 3.8) is 0 Å². The molecule has 1 heterocycles. The lowest BCUT2D eigenvalue weighted by molar-refractivity contribution is -0.137. The summed E-state index contributed by atoms with van der Waals surface area (Å²) in [7, 11) is 0. The summed E-state index contributed by atoms with van der Waals surface area (Å²) in [4.78, 5) is 28.7. The van der Waals surface area contributed by atoms with E-state index in [0.29, 0.717) is 55.2 Å². The molecule has 30 heavy (non-hydrogen) atoms. The topological polar surface area (TPSA) is 40.6 Å². The summed E-state index contributed by atoms with van der Waals surface area (Å²) in [6.07, 6.45) is -3.13. The minimum Gasteiger partial charge on any atom is -0.341 e. The van der Waals surface area contributed by atoms with Crippen molar-refractivity contribution >= 4 is 23.4 Å². The van der Waals surface area contributed by atoms with Crippen molar-refractivity contribution in [1.29, 1.82) is 0 Å². The number of hydrogen-bond acceptors (Lipinski definition) is 2. The van der Waals surface area contributed by atoms with Gasteiger partial charge in [0.2, 0.25) is 5.91 Å². The Bertz CT molecular complexity index is 900. The number of aryl methyl sites for hydroxylation is 1. The molecule has 0 aliphatic carbocycles. The first-order valence-electron chi connectivity index (χ1n) is 9.73. The van der Waals surface area contributed by atoms with Gasteiger partial charge in [0, 0.05) is 32.6 Å². The maximum absolute atomic E-state index is 12.7. The molecule has 2 aromatic carbocycles. The van der Waals surface area contributed by atoms with Gasteiger partial charge in [-0.15, -0.1) is 0 Å². The van der Waals surface area contributed by atoms with Gasteiger partial charge < -0.3 is 9.80 Å². The molecule has 0 aromatic heterocycles. The fraction of sp³-hybridized carbons (Fsp3) is 0.364. The van der Waals surface area contributed by atoms with Gasteiger partial charge in [-0.25, -0.2) is 0 Å². The zero-order valence-corrected chi connectivity index (χ0v) is 17.0. The smallest absolute Gasteiger partial charge is 0.341 e. The van der Waals surface area contributed by atoms with Crippen LogP contribution in [-0.4, -0.2) is 47.8 Å². The van der Waals surface area contributed by atoms with E-state index in [1.165, 1.54) is 12.1 Å². The van der Waals surface area contributed by atoms with Crippen LogP contribution in [0.2, 0.25) is 5.02 Å². The highest BCUT2D eigenvalue weighted by atomic mass is 35.5. The Labute approximate surface area is 178 Å². The fourth-order valence-corrected chi connectivity index (χ4v) is 3.66. The van der Waals surface area contributed by atoms with Crippen LogP contribution >= 0.6 is 11.6 Å². The van der Waals surface area contributed by atoms with E-state index in [1.54, 1.807) is 34.1 Å². The van der Waals surface area contributed by atoms with Crippen molar-refractivity contribution < 1.29 is 22.8 Å². The zero-order chi connectivity index (χ0) is 21.7. The lowest BCUT2D eigenvalue weighted by atomic mass is 10.1. The van der Waals surface area contributed by atoms with Crippen LogP contribution in [-0.2, 0) is 17.4 Å². The van der Waals surface area contributed by atoms with Crippen molar-refractivity contribution in [3.8, 4) is 0 Å². The van der Waals surface area contributed by atoms with E-state index in [2.05, 4.69) is 0 Å². The summed E-state index contributed by atoms with van der Waals surface area (Å²) in [6.45, 7) is 1.91. The predicted octanol–water partition coefficient (Wildman–Crippen LogP) is 4.67. The molecule has 2 amide bonds. The molecular weight excluding hydrogens is 417 g/mol. The van der Waals surface area contributed by atoms with Crippen LogP contribution in [0.15, 0.2) is 48.5 Å². The van der Waals surface area contributed by atoms with Crippen LogP contribution in [0.1, 0.15) is 34.3 Å². The normalized spacial score (nSPS) is 15.1. The summed E-state index contributed by atoms with van der Waals surface area (Å²) in [6, 6.07) is 11.7. The number of amides is 2. The molecule has 0 spiro atoms. The van der Waals surface area contributed by atoms with Crippen LogP contribution in [0.25, 0.3) is 0 Å². The highest BCUT2D eigenvalue weighted by Crippen LogP contribution is 2.29. The van der Waals surface area contributed by atoms with E-state index in [4.69, 9.17) is 11.6 Å². The molecule has 2 aromatic rings. The van der Waals surface area contributed by atoms with E-state index in [0.717, 1.165) is 12.1 Å². The first kappa shape index (κ1) is 22.2. The minimum absolute atomic E-state index is 0.0676. The van der Waals surface area contributed by atoms with E-state index < -0.39 is 11.7 Å². The standard InChI is InChI=1S/C22H22ClF3N2O2/c23-19-5-2-1-4-18(19)21(30)28-13-3-12-27(14-15-28)20(29)11-8-16-6-9-17(10-7-16)22(24,25)26/h1-2,4-7,9-10H,3,8,11-15H2. The average molecular weight is 439 g/mol. The third-order valence-electron chi connectivity index (χ3n) is 5.15. The molecule has 1 aliphatic heterocycles. The molecule has 0 bridgehead atoms. The summed E-state index contributed by atoms with van der Waals surface area (Å²) in [5.74, 6) is -0.221. The predicted molar refractivity (Wildman–Crippen MR) is 108 cm³/mol. The van der Waals surface area contributed by atoms with Gasteiger partial charge in [0.25, 0.3) is 5.91 Å². The largest absolute Gasteiger partial charge is 0.416 e. The molecular formula is C22H22ClF3N2O2. The monoisotopic (exact) mass is 438 g/mol. The molecule has 0 N–H and O–H groups in total. The Balaban J connectivity index is 1.53. The first-order valence-corrected chi connectivity index (χ1v) is 10.1. The number of alkyl halides is 3. The second-order valence-electron chi connectivity index (χ2n) is 7.20. The van der Waals surface area contributed by atoms with Gasteiger partial charge in [0.15, 0.2) is 0 Å². The molecule has 0 unspecified atom stereocenters. The van der Waals surface area contributed by atoms with Crippen LogP contribution in [0.5, 0.6) is 0 Å².